The summed E-state index contributed by atoms with van der Waals surface area (Å²) in [6.45, 7) is 5.48. The summed E-state index contributed by atoms with van der Waals surface area (Å²) in [4.78, 5) is 28.8. The van der Waals surface area contributed by atoms with Gasteiger partial charge >= 0.3 is 0 Å². The van der Waals surface area contributed by atoms with E-state index >= 15 is 0 Å². The minimum absolute atomic E-state index is 0.110. The van der Waals surface area contributed by atoms with Gasteiger partial charge in [0.15, 0.2) is 5.69 Å². The van der Waals surface area contributed by atoms with Crippen LogP contribution in [0.3, 0.4) is 0 Å². The van der Waals surface area contributed by atoms with Crippen molar-refractivity contribution in [1.82, 2.24) is 24.7 Å². The van der Waals surface area contributed by atoms with Gasteiger partial charge in [0.25, 0.3) is 11.8 Å². The summed E-state index contributed by atoms with van der Waals surface area (Å²) >= 11 is 6.07. The van der Waals surface area contributed by atoms with Gasteiger partial charge in [0.05, 0.1) is 10.7 Å². The van der Waals surface area contributed by atoms with E-state index in [4.69, 9.17) is 16.1 Å². The van der Waals surface area contributed by atoms with Crippen LogP contribution in [0.15, 0.2) is 10.7 Å². The largest absolute Gasteiger partial charge is 0.361 e. The zero-order valence-corrected chi connectivity index (χ0v) is 15.2. The lowest BCUT2D eigenvalue weighted by molar-refractivity contribution is 0.0714. The summed E-state index contributed by atoms with van der Waals surface area (Å²) in [7, 11) is 1.72. The first-order valence-corrected chi connectivity index (χ1v) is 8.47. The highest BCUT2D eigenvalue weighted by atomic mass is 35.5. The predicted octanol–water partition coefficient (Wildman–Crippen LogP) is 1.67. The highest BCUT2D eigenvalue weighted by Crippen LogP contribution is 2.19. The first-order chi connectivity index (χ1) is 11.9. The highest BCUT2D eigenvalue weighted by Gasteiger charge is 2.28. The fourth-order valence-electron chi connectivity index (χ4n) is 3.02. The second-order valence-electron chi connectivity index (χ2n) is 6.14. The van der Waals surface area contributed by atoms with E-state index in [2.05, 4.69) is 10.3 Å². The molecule has 0 saturated carbocycles. The molecule has 1 fully saturated rings. The van der Waals surface area contributed by atoms with E-state index in [0.717, 1.165) is 0 Å². The summed E-state index contributed by atoms with van der Waals surface area (Å²) in [5.41, 5.74) is 1.34. The first-order valence-electron chi connectivity index (χ1n) is 8.09. The van der Waals surface area contributed by atoms with Crippen LogP contribution in [0.25, 0.3) is 0 Å². The van der Waals surface area contributed by atoms with Crippen molar-refractivity contribution >= 4 is 23.4 Å². The van der Waals surface area contributed by atoms with Crippen LogP contribution >= 0.6 is 11.6 Å². The summed E-state index contributed by atoms with van der Waals surface area (Å²) in [5.74, 6) is 0.193. The molecule has 0 N–H and O–H groups in total. The number of aromatic nitrogens is 3. The van der Waals surface area contributed by atoms with Gasteiger partial charge in [-0.25, -0.2) is 0 Å². The summed E-state index contributed by atoms with van der Waals surface area (Å²) in [6, 6.07) is 0. The van der Waals surface area contributed by atoms with E-state index < -0.39 is 0 Å². The molecule has 3 heterocycles. The van der Waals surface area contributed by atoms with Crippen molar-refractivity contribution < 1.29 is 14.1 Å². The van der Waals surface area contributed by atoms with Gasteiger partial charge in [0, 0.05) is 39.4 Å². The molecular formula is C16H20ClN5O3. The third-order valence-electron chi connectivity index (χ3n) is 4.30. The maximum Gasteiger partial charge on any atom is 0.275 e. The average Bonchev–Trinajstić information content (AvgIpc) is 2.96. The molecule has 2 aromatic rings. The van der Waals surface area contributed by atoms with E-state index in [0.29, 0.717) is 54.6 Å². The molecule has 0 aliphatic carbocycles. The van der Waals surface area contributed by atoms with Crippen molar-refractivity contribution in [2.24, 2.45) is 7.05 Å². The molecule has 2 aromatic heterocycles. The van der Waals surface area contributed by atoms with Gasteiger partial charge in [0.1, 0.15) is 11.3 Å². The second-order valence-corrected chi connectivity index (χ2v) is 6.54. The number of carbonyl (C=O) groups excluding carboxylic acids is 2. The predicted molar refractivity (Wildman–Crippen MR) is 90.6 cm³/mol. The SMILES string of the molecule is Cc1noc(C)c1C(=O)N1CCCN(C(=O)c2nn(C)cc2Cl)CC1. The van der Waals surface area contributed by atoms with E-state index in [1.54, 1.807) is 36.9 Å². The van der Waals surface area contributed by atoms with Crippen LogP contribution in [0.2, 0.25) is 5.02 Å². The van der Waals surface area contributed by atoms with E-state index in [1.165, 1.54) is 4.68 Å². The second kappa shape index (κ2) is 6.87. The molecule has 0 aromatic carbocycles. The van der Waals surface area contributed by atoms with Crippen LogP contribution in [-0.2, 0) is 7.05 Å². The maximum absolute atomic E-state index is 12.7. The molecule has 134 valence electrons. The Hall–Kier alpha value is -2.35. The maximum atomic E-state index is 12.7. The number of aryl methyl sites for hydroxylation is 3. The van der Waals surface area contributed by atoms with Crippen LogP contribution in [0.5, 0.6) is 0 Å². The monoisotopic (exact) mass is 365 g/mol. The molecule has 0 unspecified atom stereocenters. The summed E-state index contributed by atoms with van der Waals surface area (Å²) < 4.78 is 6.60. The van der Waals surface area contributed by atoms with Crippen molar-refractivity contribution in [2.45, 2.75) is 20.3 Å². The molecule has 0 radical (unpaired) electrons. The van der Waals surface area contributed by atoms with Crippen LogP contribution in [-0.4, -0.2) is 62.7 Å². The molecule has 0 bridgehead atoms. The lowest BCUT2D eigenvalue weighted by Gasteiger charge is -2.21. The minimum atomic E-state index is -0.211. The Balaban J connectivity index is 1.71. The van der Waals surface area contributed by atoms with Crippen molar-refractivity contribution in [1.29, 1.82) is 0 Å². The van der Waals surface area contributed by atoms with Crippen molar-refractivity contribution in [2.75, 3.05) is 26.2 Å². The lowest BCUT2D eigenvalue weighted by Crippen LogP contribution is -2.37. The summed E-state index contributed by atoms with van der Waals surface area (Å²) in [5, 5.41) is 8.30. The standard InChI is InChI=1S/C16H20ClN5O3/c1-10-13(11(2)25-19-10)15(23)21-5-4-6-22(8-7-21)16(24)14-12(17)9-20(3)18-14/h9H,4-8H2,1-3H3. The zero-order chi connectivity index (χ0) is 18.1. The number of nitrogens with zero attached hydrogens (tertiary/aromatic N) is 5. The Morgan fingerprint density at radius 3 is 2.28 bits per heavy atom. The molecule has 9 heteroatoms. The van der Waals surface area contributed by atoms with Crippen molar-refractivity contribution in [3.05, 3.63) is 33.9 Å². The van der Waals surface area contributed by atoms with Gasteiger partial charge in [-0.05, 0) is 20.3 Å². The molecule has 8 nitrogen and oxygen atoms in total. The van der Waals surface area contributed by atoms with Crippen molar-refractivity contribution in [3.8, 4) is 0 Å². The average molecular weight is 366 g/mol. The van der Waals surface area contributed by atoms with E-state index in [9.17, 15) is 9.59 Å². The molecule has 3 rings (SSSR count). The number of carbonyl (C=O) groups is 2. The number of amides is 2. The third kappa shape index (κ3) is 3.39. The Morgan fingerprint density at radius 2 is 1.76 bits per heavy atom. The molecule has 1 aliphatic rings. The molecule has 1 saturated heterocycles. The molecule has 2 amide bonds. The zero-order valence-electron chi connectivity index (χ0n) is 14.5. The van der Waals surface area contributed by atoms with Gasteiger partial charge in [-0.3, -0.25) is 14.3 Å². The highest BCUT2D eigenvalue weighted by molar-refractivity contribution is 6.33. The molecule has 1 aliphatic heterocycles. The van der Waals surface area contributed by atoms with Gasteiger partial charge in [-0.15, -0.1) is 0 Å². The normalized spacial score (nSPS) is 15.4. The topological polar surface area (TPSA) is 84.5 Å². The van der Waals surface area contributed by atoms with E-state index in [-0.39, 0.29) is 17.5 Å². The van der Waals surface area contributed by atoms with Gasteiger partial charge in [-0.2, -0.15) is 5.10 Å². The number of hydrogen-bond donors (Lipinski definition) is 0. The van der Waals surface area contributed by atoms with E-state index in [1.807, 2.05) is 0 Å². The van der Waals surface area contributed by atoms with Crippen LogP contribution in [0, 0.1) is 13.8 Å². The first kappa shape index (κ1) is 17.5. The minimum Gasteiger partial charge on any atom is -0.361 e. The Morgan fingerprint density at radius 1 is 1.12 bits per heavy atom. The van der Waals surface area contributed by atoms with Gasteiger partial charge < -0.3 is 14.3 Å². The number of rotatable bonds is 2. The Bertz CT molecular complexity index is 793. The summed E-state index contributed by atoms with van der Waals surface area (Å²) in [6.07, 6.45) is 2.28. The van der Waals surface area contributed by atoms with Gasteiger partial charge in [0.2, 0.25) is 0 Å². The van der Waals surface area contributed by atoms with Crippen molar-refractivity contribution in [3.63, 3.8) is 0 Å². The molecule has 0 atom stereocenters. The van der Waals surface area contributed by atoms with Crippen LogP contribution in [0.1, 0.15) is 38.7 Å². The Kier molecular flexibility index (Phi) is 4.80. The quantitative estimate of drug-likeness (QED) is 0.808. The molecule has 25 heavy (non-hydrogen) atoms. The lowest BCUT2D eigenvalue weighted by atomic mass is 10.1. The van der Waals surface area contributed by atoms with Crippen LogP contribution < -0.4 is 0 Å². The van der Waals surface area contributed by atoms with Crippen LogP contribution in [0.4, 0.5) is 0 Å². The third-order valence-corrected chi connectivity index (χ3v) is 4.58. The molecule has 0 spiro atoms. The smallest absolute Gasteiger partial charge is 0.275 e. The van der Waals surface area contributed by atoms with Gasteiger partial charge in [-0.1, -0.05) is 16.8 Å². The number of hydrogen-bond acceptors (Lipinski definition) is 5. The molecular weight excluding hydrogens is 346 g/mol. The fraction of sp³-hybridized carbons (Fsp3) is 0.500. The fourth-order valence-corrected chi connectivity index (χ4v) is 3.28. The Labute approximate surface area is 150 Å². The number of halogens is 1.